The summed E-state index contributed by atoms with van der Waals surface area (Å²) in [6, 6.07) is 0. The van der Waals surface area contributed by atoms with Gasteiger partial charge in [0.15, 0.2) is 0 Å². The Hall–Kier alpha value is -1.06. The summed E-state index contributed by atoms with van der Waals surface area (Å²) in [6.45, 7) is 3.64. The van der Waals surface area contributed by atoms with Gasteiger partial charge in [-0.25, -0.2) is 0 Å². The van der Waals surface area contributed by atoms with Gasteiger partial charge in [-0.05, 0) is 24.7 Å². The van der Waals surface area contributed by atoms with Gasteiger partial charge in [0.2, 0.25) is 0 Å². The first-order valence-corrected chi connectivity index (χ1v) is 4.90. The van der Waals surface area contributed by atoms with Gasteiger partial charge in [-0.1, -0.05) is 13.8 Å². The molecule has 0 aliphatic heterocycles. The Morgan fingerprint density at radius 3 is 1.43 bits per heavy atom. The maximum atomic E-state index is 11.0. The van der Waals surface area contributed by atoms with E-state index >= 15 is 0 Å². The minimum absolute atomic E-state index is 0.0372. The van der Waals surface area contributed by atoms with Gasteiger partial charge in [-0.15, -0.1) is 0 Å². The normalized spacial score (nSPS) is 37.9. The molecule has 1 rings (SSSR count). The molecule has 2 N–H and O–H groups in total. The number of rotatable bonds is 2. The zero-order chi connectivity index (χ0) is 10.9. The lowest BCUT2D eigenvalue weighted by Crippen LogP contribution is -2.41. The fraction of sp³-hybridized carbons (Fsp3) is 0.800. The Morgan fingerprint density at radius 1 is 0.929 bits per heavy atom. The summed E-state index contributed by atoms with van der Waals surface area (Å²) < 4.78 is 0. The van der Waals surface area contributed by atoms with Crippen molar-refractivity contribution in [2.24, 2.45) is 23.7 Å². The minimum Gasteiger partial charge on any atom is -0.481 e. The Kier molecular flexibility index (Phi) is 3.13. The van der Waals surface area contributed by atoms with Crippen LogP contribution in [0.15, 0.2) is 0 Å². The van der Waals surface area contributed by atoms with E-state index < -0.39 is 23.8 Å². The molecule has 1 fully saturated rings. The highest BCUT2D eigenvalue weighted by Crippen LogP contribution is 2.38. The summed E-state index contributed by atoms with van der Waals surface area (Å²) in [5.74, 6) is -3.48. The predicted molar refractivity (Wildman–Crippen MR) is 49.8 cm³/mol. The van der Waals surface area contributed by atoms with Crippen LogP contribution in [0.1, 0.15) is 26.7 Å². The molecule has 0 amide bonds. The van der Waals surface area contributed by atoms with Crippen molar-refractivity contribution in [1.29, 1.82) is 0 Å². The molecule has 0 aromatic rings. The second-order valence-electron chi connectivity index (χ2n) is 4.26. The number of aliphatic carboxylic acids is 2. The lowest BCUT2D eigenvalue weighted by Gasteiger charge is -2.35. The standard InChI is InChI=1S/C10H16O4/c1-5-3-4-6(2)8(10(13)14)7(5)9(11)12/h5-8H,3-4H2,1-2H3,(H,11,12)(H,13,14). The van der Waals surface area contributed by atoms with Crippen LogP contribution in [0.4, 0.5) is 0 Å². The third-order valence-corrected chi connectivity index (χ3v) is 3.26. The Morgan fingerprint density at radius 2 is 1.21 bits per heavy atom. The van der Waals surface area contributed by atoms with Crippen LogP contribution in [0.2, 0.25) is 0 Å². The van der Waals surface area contributed by atoms with Crippen LogP contribution in [0.25, 0.3) is 0 Å². The maximum absolute atomic E-state index is 11.0. The van der Waals surface area contributed by atoms with Crippen LogP contribution >= 0.6 is 0 Å². The largest absolute Gasteiger partial charge is 0.481 e. The van der Waals surface area contributed by atoms with Gasteiger partial charge < -0.3 is 10.2 Å². The molecule has 0 saturated heterocycles. The van der Waals surface area contributed by atoms with Gasteiger partial charge in [-0.2, -0.15) is 0 Å². The molecule has 14 heavy (non-hydrogen) atoms. The van der Waals surface area contributed by atoms with Crippen LogP contribution < -0.4 is 0 Å². The van der Waals surface area contributed by atoms with Crippen LogP contribution in [-0.4, -0.2) is 22.2 Å². The zero-order valence-corrected chi connectivity index (χ0v) is 8.43. The fourth-order valence-corrected chi connectivity index (χ4v) is 2.39. The van der Waals surface area contributed by atoms with Crippen molar-refractivity contribution < 1.29 is 19.8 Å². The van der Waals surface area contributed by atoms with Gasteiger partial charge >= 0.3 is 11.9 Å². The topological polar surface area (TPSA) is 74.6 Å². The first-order valence-electron chi connectivity index (χ1n) is 4.90. The van der Waals surface area contributed by atoms with Gasteiger partial charge in [-0.3, -0.25) is 9.59 Å². The summed E-state index contributed by atoms with van der Waals surface area (Å²) in [7, 11) is 0. The highest BCUT2D eigenvalue weighted by atomic mass is 16.4. The average molecular weight is 200 g/mol. The van der Waals surface area contributed by atoms with Crippen LogP contribution in [-0.2, 0) is 9.59 Å². The molecular formula is C10H16O4. The number of hydrogen-bond acceptors (Lipinski definition) is 2. The molecule has 0 radical (unpaired) electrons. The summed E-state index contributed by atoms with van der Waals surface area (Å²) in [5.41, 5.74) is 0. The summed E-state index contributed by atoms with van der Waals surface area (Å²) in [6.07, 6.45) is 1.61. The molecule has 4 atom stereocenters. The smallest absolute Gasteiger partial charge is 0.307 e. The van der Waals surface area contributed by atoms with E-state index in [9.17, 15) is 9.59 Å². The van der Waals surface area contributed by atoms with E-state index in [0.717, 1.165) is 12.8 Å². The molecule has 1 aliphatic rings. The molecule has 4 nitrogen and oxygen atoms in total. The molecule has 0 spiro atoms. The molecule has 80 valence electrons. The number of carboxylic acid groups (broad SMARTS) is 2. The van der Waals surface area contributed by atoms with Crippen molar-refractivity contribution in [2.75, 3.05) is 0 Å². The van der Waals surface area contributed by atoms with E-state index in [1.165, 1.54) is 0 Å². The van der Waals surface area contributed by atoms with Crippen LogP contribution in [0, 0.1) is 23.7 Å². The lowest BCUT2D eigenvalue weighted by molar-refractivity contribution is -0.160. The van der Waals surface area contributed by atoms with Crippen molar-refractivity contribution in [2.45, 2.75) is 26.7 Å². The van der Waals surface area contributed by atoms with Crippen LogP contribution in [0.3, 0.4) is 0 Å². The third kappa shape index (κ3) is 1.89. The van der Waals surface area contributed by atoms with Crippen LogP contribution in [0.5, 0.6) is 0 Å². The highest BCUT2D eigenvalue weighted by molar-refractivity contribution is 5.80. The van der Waals surface area contributed by atoms with Crippen molar-refractivity contribution in [3.05, 3.63) is 0 Å². The quantitative estimate of drug-likeness (QED) is 0.707. The van der Waals surface area contributed by atoms with E-state index in [4.69, 9.17) is 10.2 Å². The molecule has 4 unspecified atom stereocenters. The number of carboxylic acids is 2. The second-order valence-corrected chi connectivity index (χ2v) is 4.26. The summed E-state index contributed by atoms with van der Waals surface area (Å²) >= 11 is 0. The number of carbonyl (C=O) groups is 2. The predicted octanol–water partition coefficient (Wildman–Crippen LogP) is 1.45. The first-order chi connectivity index (χ1) is 6.45. The Bertz CT molecular complexity index is 223. The van der Waals surface area contributed by atoms with E-state index in [-0.39, 0.29) is 11.8 Å². The second kappa shape index (κ2) is 3.98. The SMILES string of the molecule is CC1CCC(C)C(C(=O)O)C1C(=O)O. The minimum atomic E-state index is -0.976. The van der Waals surface area contributed by atoms with Gasteiger partial charge in [0.25, 0.3) is 0 Å². The molecular weight excluding hydrogens is 184 g/mol. The maximum Gasteiger partial charge on any atom is 0.307 e. The van der Waals surface area contributed by atoms with Gasteiger partial charge in [0.1, 0.15) is 0 Å². The third-order valence-electron chi connectivity index (χ3n) is 3.26. The van der Waals surface area contributed by atoms with E-state index in [0.29, 0.717) is 0 Å². The Labute approximate surface area is 82.9 Å². The van der Waals surface area contributed by atoms with E-state index in [1.54, 1.807) is 0 Å². The van der Waals surface area contributed by atoms with Crippen molar-refractivity contribution in [3.8, 4) is 0 Å². The molecule has 0 aromatic carbocycles. The first kappa shape index (κ1) is 11.0. The summed E-state index contributed by atoms with van der Waals surface area (Å²) in [5, 5.41) is 18.0. The molecule has 0 aromatic heterocycles. The molecule has 0 heterocycles. The lowest BCUT2D eigenvalue weighted by atomic mass is 9.68. The highest BCUT2D eigenvalue weighted by Gasteiger charge is 2.43. The van der Waals surface area contributed by atoms with Crippen molar-refractivity contribution in [1.82, 2.24) is 0 Å². The van der Waals surface area contributed by atoms with Gasteiger partial charge in [0.05, 0.1) is 11.8 Å². The van der Waals surface area contributed by atoms with E-state index in [1.807, 2.05) is 13.8 Å². The number of hydrogen-bond donors (Lipinski definition) is 2. The monoisotopic (exact) mass is 200 g/mol. The fourth-order valence-electron chi connectivity index (χ4n) is 2.39. The zero-order valence-electron chi connectivity index (χ0n) is 8.43. The summed E-state index contributed by atoms with van der Waals surface area (Å²) in [4.78, 5) is 21.9. The van der Waals surface area contributed by atoms with E-state index in [2.05, 4.69) is 0 Å². The molecule has 1 saturated carbocycles. The average Bonchev–Trinajstić information content (AvgIpc) is 2.07. The Balaban J connectivity index is 2.92. The molecule has 4 heteroatoms. The van der Waals surface area contributed by atoms with Crippen molar-refractivity contribution >= 4 is 11.9 Å². The molecule has 0 bridgehead atoms. The van der Waals surface area contributed by atoms with Crippen molar-refractivity contribution in [3.63, 3.8) is 0 Å². The molecule has 1 aliphatic carbocycles. The van der Waals surface area contributed by atoms with Gasteiger partial charge in [0, 0.05) is 0 Å².